The number of nitrogens with zero attached hydrogens (tertiary/aromatic N) is 2. The van der Waals surface area contributed by atoms with Crippen LogP contribution in [0.25, 0.3) is 11.8 Å². The van der Waals surface area contributed by atoms with Gasteiger partial charge in [-0.25, -0.2) is 0 Å². The van der Waals surface area contributed by atoms with Gasteiger partial charge in [-0.3, -0.25) is 19.8 Å². The molecule has 1 aromatic heterocycles. The van der Waals surface area contributed by atoms with Crippen molar-refractivity contribution in [3.05, 3.63) is 88.7 Å². The normalized spacial score (nSPS) is 15.8. The van der Waals surface area contributed by atoms with Gasteiger partial charge in [0.15, 0.2) is 5.11 Å². The smallest absolute Gasteiger partial charge is 0.270 e. The number of aromatic nitrogens is 1. The van der Waals surface area contributed by atoms with Gasteiger partial charge < -0.3 is 4.57 Å². The molecule has 138 valence electrons. The van der Waals surface area contributed by atoms with Gasteiger partial charge in [0.1, 0.15) is 5.57 Å². The van der Waals surface area contributed by atoms with E-state index in [0.717, 1.165) is 15.7 Å². The monoisotopic (exact) mass is 451 g/mol. The number of benzene rings is 2. The second kappa shape index (κ2) is 7.53. The maximum Gasteiger partial charge on any atom is 0.270 e. The summed E-state index contributed by atoms with van der Waals surface area (Å²) in [5.74, 6) is -0.965. The van der Waals surface area contributed by atoms with Crippen LogP contribution >= 0.6 is 28.1 Å². The van der Waals surface area contributed by atoms with Gasteiger partial charge in [-0.1, -0.05) is 40.2 Å². The van der Waals surface area contributed by atoms with Crippen molar-refractivity contribution in [1.29, 1.82) is 0 Å². The largest absolute Gasteiger partial charge is 0.323 e. The average Bonchev–Trinajstić information content (AvgIpc) is 3.14. The third-order valence-corrected chi connectivity index (χ3v) is 5.03. The highest BCUT2D eigenvalue weighted by atomic mass is 79.9. The lowest BCUT2D eigenvalue weighted by Gasteiger charge is -2.29. The van der Waals surface area contributed by atoms with Crippen molar-refractivity contribution < 1.29 is 9.59 Å². The van der Waals surface area contributed by atoms with Gasteiger partial charge in [-0.15, -0.1) is 0 Å². The standard InChI is InChI=1S/C21H14BrN3O2S/c22-15-5-4-8-17(12-15)25-20(27)18(19(26)23-21(25)28)11-14-9-10-24(13-14)16-6-2-1-3-7-16/h1-13H,(H,23,26,28)/b18-11-. The Balaban J connectivity index is 1.69. The molecule has 1 saturated heterocycles. The van der Waals surface area contributed by atoms with E-state index in [4.69, 9.17) is 12.2 Å². The summed E-state index contributed by atoms with van der Waals surface area (Å²) in [5, 5.41) is 2.66. The van der Waals surface area contributed by atoms with Gasteiger partial charge in [0.05, 0.1) is 5.69 Å². The molecule has 5 nitrogen and oxygen atoms in total. The number of thiocarbonyl (C=S) groups is 1. The fourth-order valence-corrected chi connectivity index (χ4v) is 3.60. The van der Waals surface area contributed by atoms with Crippen LogP contribution in [0.4, 0.5) is 5.69 Å². The van der Waals surface area contributed by atoms with E-state index in [9.17, 15) is 9.59 Å². The Labute approximate surface area is 175 Å². The van der Waals surface area contributed by atoms with E-state index in [2.05, 4.69) is 21.2 Å². The summed E-state index contributed by atoms with van der Waals surface area (Å²) in [6.45, 7) is 0. The minimum atomic E-state index is -0.506. The van der Waals surface area contributed by atoms with Crippen molar-refractivity contribution >= 4 is 56.8 Å². The molecule has 2 aromatic carbocycles. The van der Waals surface area contributed by atoms with Gasteiger partial charge in [-0.2, -0.15) is 0 Å². The molecule has 0 unspecified atom stereocenters. The number of halogens is 1. The zero-order valence-electron chi connectivity index (χ0n) is 14.5. The van der Waals surface area contributed by atoms with Crippen molar-refractivity contribution in [1.82, 2.24) is 9.88 Å². The van der Waals surface area contributed by atoms with E-state index in [1.54, 1.807) is 24.3 Å². The first-order valence-electron chi connectivity index (χ1n) is 8.43. The Bertz CT molecular complexity index is 1120. The van der Waals surface area contributed by atoms with Crippen LogP contribution in [-0.4, -0.2) is 21.5 Å². The number of amides is 2. The quantitative estimate of drug-likeness (QED) is 0.371. The van der Waals surface area contributed by atoms with Crippen molar-refractivity contribution in [3.63, 3.8) is 0 Å². The Morgan fingerprint density at radius 2 is 1.71 bits per heavy atom. The molecule has 1 fully saturated rings. The van der Waals surface area contributed by atoms with Gasteiger partial charge in [0.2, 0.25) is 0 Å². The number of carbonyl (C=O) groups excluding carboxylic acids is 2. The molecule has 0 aliphatic carbocycles. The Morgan fingerprint density at radius 1 is 0.964 bits per heavy atom. The van der Waals surface area contributed by atoms with Crippen LogP contribution in [-0.2, 0) is 9.59 Å². The van der Waals surface area contributed by atoms with Crippen molar-refractivity contribution in [2.24, 2.45) is 0 Å². The molecule has 2 amide bonds. The number of para-hydroxylation sites is 1. The molecule has 1 aliphatic heterocycles. The predicted molar refractivity (Wildman–Crippen MR) is 116 cm³/mol. The van der Waals surface area contributed by atoms with E-state index in [1.807, 2.05) is 59.4 Å². The highest BCUT2D eigenvalue weighted by molar-refractivity contribution is 9.10. The number of carbonyl (C=O) groups is 2. The first-order valence-corrected chi connectivity index (χ1v) is 9.63. The molecule has 0 bridgehead atoms. The molecule has 2 heterocycles. The van der Waals surface area contributed by atoms with Gasteiger partial charge >= 0.3 is 0 Å². The minimum Gasteiger partial charge on any atom is -0.323 e. The van der Waals surface area contributed by atoms with E-state index >= 15 is 0 Å². The summed E-state index contributed by atoms with van der Waals surface area (Å²) in [5.41, 5.74) is 2.34. The minimum absolute atomic E-state index is 0.0272. The molecule has 0 atom stereocenters. The van der Waals surface area contributed by atoms with E-state index in [1.165, 1.54) is 4.90 Å². The van der Waals surface area contributed by atoms with Crippen LogP contribution in [0, 0.1) is 0 Å². The third-order valence-electron chi connectivity index (χ3n) is 4.25. The molecule has 1 N–H and O–H groups in total. The second-order valence-electron chi connectivity index (χ2n) is 6.13. The van der Waals surface area contributed by atoms with E-state index in [0.29, 0.717) is 5.69 Å². The Hall–Kier alpha value is -3.03. The summed E-state index contributed by atoms with van der Waals surface area (Å²) in [6, 6.07) is 18.8. The molecule has 3 aromatic rings. The molecular formula is C21H14BrN3O2S. The number of anilines is 1. The van der Waals surface area contributed by atoms with Crippen LogP contribution in [0.2, 0.25) is 0 Å². The second-order valence-corrected chi connectivity index (χ2v) is 7.43. The zero-order valence-corrected chi connectivity index (χ0v) is 16.9. The molecule has 0 spiro atoms. The summed E-state index contributed by atoms with van der Waals surface area (Å²) >= 11 is 8.61. The van der Waals surface area contributed by atoms with Crippen LogP contribution in [0.5, 0.6) is 0 Å². The van der Waals surface area contributed by atoms with Gasteiger partial charge in [0.25, 0.3) is 11.8 Å². The maximum atomic E-state index is 13.0. The van der Waals surface area contributed by atoms with Crippen LogP contribution in [0.15, 0.2) is 83.1 Å². The lowest BCUT2D eigenvalue weighted by atomic mass is 10.1. The van der Waals surface area contributed by atoms with Crippen molar-refractivity contribution in [2.75, 3.05) is 4.90 Å². The summed E-state index contributed by atoms with van der Waals surface area (Å²) in [7, 11) is 0. The van der Waals surface area contributed by atoms with Crippen LogP contribution in [0.3, 0.4) is 0 Å². The highest BCUT2D eigenvalue weighted by Crippen LogP contribution is 2.25. The summed E-state index contributed by atoms with van der Waals surface area (Å²) in [6.07, 6.45) is 5.31. The van der Waals surface area contributed by atoms with Crippen molar-refractivity contribution in [2.45, 2.75) is 0 Å². The SMILES string of the molecule is O=C1NC(=S)N(c2cccc(Br)c2)C(=O)/C1=C\c1ccn(-c2ccccc2)c1. The number of nitrogens with one attached hydrogen (secondary N) is 1. The molecule has 1 aliphatic rings. The highest BCUT2D eigenvalue weighted by Gasteiger charge is 2.34. The fraction of sp³-hybridized carbons (Fsp3) is 0. The zero-order chi connectivity index (χ0) is 19.7. The molecule has 0 saturated carbocycles. The molecule has 4 rings (SSSR count). The number of rotatable bonds is 3. The Kier molecular flexibility index (Phi) is 4.93. The Morgan fingerprint density at radius 3 is 2.46 bits per heavy atom. The lowest BCUT2D eigenvalue weighted by molar-refractivity contribution is -0.122. The predicted octanol–water partition coefficient (Wildman–Crippen LogP) is 4.07. The molecular weight excluding hydrogens is 438 g/mol. The summed E-state index contributed by atoms with van der Waals surface area (Å²) < 4.78 is 2.73. The van der Waals surface area contributed by atoms with Crippen molar-refractivity contribution in [3.8, 4) is 5.69 Å². The summed E-state index contributed by atoms with van der Waals surface area (Å²) in [4.78, 5) is 26.8. The molecule has 28 heavy (non-hydrogen) atoms. The number of hydrogen-bond donors (Lipinski definition) is 1. The maximum absolute atomic E-state index is 13.0. The first kappa shape index (κ1) is 18.3. The van der Waals surface area contributed by atoms with Gasteiger partial charge in [-0.05, 0) is 60.3 Å². The third kappa shape index (κ3) is 3.54. The lowest BCUT2D eigenvalue weighted by Crippen LogP contribution is -2.54. The van der Waals surface area contributed by atoms with E-state index in [-0.39, 0.29) is 10.7 Å². The topological polar surface area (TPSA) is 54.3 Å². The van der Waals surface area contributed by atoms with Crippen LogP contribution < -0.4 is 10.2 Å². The van der Waals surface area contributed by atoms with Crippen LogP contribution in [0.1, 0.15) is 5.56 Å². The fourth-order valence-electron chi connectivity index (χ4n) is 2.93. The molecule has 0 radical (unpaired) electrons. The first-order chi connectivity index (χ1) is 13.5. The number of hydrogen-bond acceptors (Lipinski definition) is 3. The van der Waals surface area contributed by atoms with E-state index < -0.39 is 11.8 Å². The average molecular weight is 452 g/mol. The van der Waals surface area contributed by atoms with Gasteiger partial charge in [0, 0.05) is 22.6 Å². The molecule has 7 heteroatoms.